The average Bonchev–Trinajstić information content (AvgIpc) is 3.18. The fourth-order valence-electron chi connectivity index (χ4n) is 3.07. The first-order valence-electron chi connectivity index (χ1n) is 8.91. The first-order chi connectivity index (χ1) is 13.5. The van der Waals surface area contributed by atoms with Crippen molar-refractivity contribution in [2.45, 2.75) is 23.8 Å². The van der Waals surface area contributed by atoms with Crippen molar-refractivity contribution >= 4 is 35.1 Å². The standard InChI is InChI=1S/C20H18Cl2FN3OS/c21-15-3-1-13(10-19(15)28-26-7-5-14(27)6-8-26)20-24-11-18(25-20)12-2-4-17(23)16(22)9-12/h1-4,9-11,14,27H,5-8H2,(H,24,25). The highest BCUT2D eigenvalue weighted by atomic mass is 35.5. The minimum atomic E-state index is -0.449. The van der Waals surface area contributed by atoms with Crippen molar-refractivity contribution in [1.82, 2.24) is 14.3 Å². The van der Waals surface area contributed by atoms with Crippen LogP contribution in [0.2, 0.25) is 10.0 Å². The van der Waals surface area contributed by atoms with Gasteiger partial charge in [0.25, 0.3) is 0 Å². The van der Waals surface area contributed by atoms with E-state index in [4.69, 9.17) is 23.2 Å². The molecular formula is C20H18Cl2FN3OS. The summed E-state index contributed by atoms with van der Waals surface area (Å²) in [6.45, 7) is 1.64. The second kappa shape index (κ2) is 8.43. The Bertz CT molecular complexity index is 989. The number of aliphatic hydroxyl groups is 1. The fraction of sp³-hybridized carbons (Fsp3) is 0.250. The SMILES string of the molecule is OC1CCN(Sc2cc(-c3ncc(-c4ccc(F)c(Cl)c4)[nH]3)ccc2Cl)CC1. The highest BCUT2D eigenvalue weighted by Crippen LogP contribution is 2.35. The van der Waals surface area contributed by atoms with E-state index in [0.717, 1.165) is 47.6 Å². The molecule has 3 aromatic rings. The maximum Gasteiger partial charge on any atom is 0.141 e. The molecule has 2 N–H and O–H groups in total. The number of nitrogens with zero attached hydrogens (tertiary/aromatic N) is 2. The zero-order chi connectivity index (χ0) is 19.7. The Morgan fingerprint density at radius 2 is 1.82 bits per heavy atom. The van der Waals surface area contributed by atoms with Crippen LogP contribution in [-0.2, 0) is 0 Å². The van der Waals surface area contributed by atoms with Crippen molar-refractivity contribution in [3.63, 3.8) is 0 Å². The second-order valence-electron chi connectivity index (χ2n) is 6.67. The molecule has 0 amide bonds. The summed E-state index contributed by atoms with van der Waals surface area (Å²) in [6.07, 6.45) is 3.03. The molecule has 8 heteroatoms. The monoisotopic (exact) mass is 437 g/mol. The van der Waals surface area contributed by atoms with Crippen molar-refractivity contribution in [1.29, 1.82) is 0 Å². The molecule has 0 atom stereocenters. The van der Waals surface area contributed by atoms with E-state index < -0.39 is 5.82 Å². The van der Waals surface area contributed by atoms with Gasteiger partial charge in [0.05, 0.1) is 28.0 Å². The van der Waals surface area contributed by atoms with Gasteiger partial charge in [0.2, 0.25) is 0 Å². The highest BCUT2D eigenvalue weighted by molar-refractivity contribution is 7.97. The van der Waals surface area contributed by atoms with Gasteiger partial charge in [-0.05, 0) is 61.2 Å². The summed E-state index contributed by atoms with van der Waals surface area (Å²) < 4.78 is 15.6. The molecular weight excluding hydrogens is 420 g/mol. The summed E-state index contributed by atoms with van der Waals surface area (Å²) in [6, 6.07) is 10.3. The van der Waals surface area contributed by atoms with Crippen LogP contribution in [0, 0.1) is 5.82 Å². The first-order valence-corrected chi connectivity index (χ1v) is 10.4. The largest absolute Gasteiger partial charge is 0.393 e. The van der Waals surface area contributed by atoms with Gasteiger partial charge in [0.1, 0.15) is 11.6 Å². The van der Waals surface area contributed by atoms with E-state index in [9.17, 15) is 9.50 Å². The zero-order valence-electron chi connectivity index (χ0n) is 14.8. The average molecular weight is 438 g/mol. The van der Waals surface area contributed by atoms with E-state index >= 15 is 0 Å². The van der Waals surface area contributed by atoms with Gasteiger partial charge in [-0.15, -0.1) is 0 Å². The molecule has 28 heavy (non-hydrogen) atoms. The number of hydrogen-bond donors (Lipinski definition) is 2. The maximum atomic E-state index is 13.4. The lowest BCUT2D eigenvalue weighted by Gasteiger charge is -2.28. The normalized spacial score (nSPS) is 15.9. The molecule has 0 unspecified atom stereocenters. The number of piperidine rings is 1. The smallest absolute Gasteiger partial charge is 0.141 e. The van der Waals surface area contributed by atoms with Crippen molar-refractivity contribution in [3.05, 3.63) is 58.5 Å². The molecule has 0 spiro atoms. The Balaban J connectivity index is 1.56. The summed E-state index contributed by atoms with van der Waals surface area (Å²) in [7, 11) is 0. The van der Waals surface area contributed by atoms with E-state index in [1.165, 1.54) is 6.07 Å². The van der Waals surface area contributed by atoms with Crippen molar-refractivity contribution in [3.8, 4) is 22.6 Å². The van der Waals surface area contributed by atoms with Crippen LogP contribution in [0.1, 0.15) is 12.8 Å². The summed E-state index contributed by atoms with van der Waals surface area (Å²) >= 11 is 13.9. The van der Waals surface area contributed by atoms with Crippen LogP contribution >= 0.6 is 35.1 Å². The van der Waals surface area contributed by atoms with Crippen molar-refractivity contribution < 1.29 is 9.50 Å². The minimum Gasteiger partial charge on any atom is -0.393 e. The van der Waals surface area contributed by atoms with Crippen LogP contribution in [0.5, 0.6) is 0 Å². The van der Waals surface area contributed by atoms with E-state index in [0.29, 0.717) is 10.8 Å². The Hall–Kier alpha value is -1.57. The van der Waals surface area contributed by atoms with Crippen LogP contribution in [0.4, 0.5) is 4.39 Å². The van der Waals surface area contributed by atoms with Gasteiger partial charge < -0.3 is 10.1 Å². The second-order valence-corrected chi connectivity index (χ2v) is 8.62. The van der Waals surface area contributed by atoms with Crippen LogP contribution < -0.4 is 0 Å². The molecule has 0 aliphatic carbocycles. The van der Waals surface area contributed by atoms with Gasteiger partial charge in [-0.2, -0.15) is 0 Å². The zero-order valence-corrected chi connectivity index (χ0v) is 17.2. The third-order valence-electron chi connectivity index (χ3n) is 4.66. The fourth-order valence-corrected chi connectivity index (χ4v) is 4.48. The topological polar surface area (TPSA) is 52.1 Å². The maximum absolute atomic E-state index is 13.4. The molecule has 0 saturated carbocycles. The number of hydrogen-bond acceptors (Lipinski definition) is 4. The lowest BCUT2D eigenvalue weighted by molar-refractivity contribution is 0.116. The lowest BCUT2D eigenvalue weighted by atomic mass is 10.1. The number of halogens is 3. The molecule has 1 saturated heterocycles. The summed E-state index contributed by atoms with van der Waals surface area (Å²) in [5.41, 5.74) is 2.43. The molecule has 2 heterocycles. The van der Waals surface area contributed by atoms with Crippen LogP contribution in [0.15, 0.2) is 47.5 Å². The predicted molar refractivity (Wildman–Crippen MR) is 112 cm³/mol. The Morgan fingerprint density at radius 1 is 1.07 bits per heavy atom. The number of imidazole rings is 1. The molecule has 0 bridgehead atoms. The van der Waals surface area contributed by atoms with Crippen LogP contribution in [-0.4, -0.2) is 38.6 Å². The van der Waals surface area contributed by atoms with E-state index in [2.05, 4.69) is 14.3 Å². The Labute approximate surface area is 176 Å². The van der Waals surface area contributed by atoms with Gasteiger partial charge in [-0.1, -0.05) is 23.2 Å². The van der Waals surface area contributed by atoms with Gasteiger partial charge in [0, 0.05) is 29.1 Å². The number of rotatable bonds is 4. The van der Waals surface area contributed by atoms with Gasteiger partial charge in [-0.25, -0.2) is 13.7 Å². The van der Waals surface area contributed by atoms with Crippen molar-refractivity contribution in [2.24, 2.45) is 0 Å². The summed E-state index contributed by atoms with van der Waals surface area (Å²) in [5.74, 6) is 0.248. The quantitative estimate of drug-likeness (QED) is 0.517. The number of nitrogens with one attached hydrogen (secondary N) is 1. The molecule has 2 aromatic carbocycles. The van der Waals surface area contributed by atoms with Crippen molar-refractivity contribution in [2.75, 3.05) is 13.1 Å². The minimum absolute atomic E-state index is 0.0745. The number of H-pyrrole nitrogens is 1. The van der Waals surface area contributed by atoms with E-state index in [-0.39, 0.29) is 11.1 Å². The number of aromatic nitrogens is 2. The first kappa shape index (κ1) is 19.7. The van der Waals surface area contributed by atoms with E-state index in [1.807, 2.05) is 18.2 Å². The molecule has 1 fully saturated rings. The third kappa shape index (κ3) is 4.36. The van der Waals surface area contributed by atoms with E-state index in [1.54, 1.807) is 30.3 Å². The molecule has 1 aromatic heterocycles. The number of aliphatic hydroxyl groups excluding tert-OH is 1. The lowest BCUT2D eigenvalue weighted by Crippen LogP contribution is -2.31. The molecule has 1 aliphatic heterocycles. The Kier molecular flexibility index (Phi) is 5.94. The molecule has 1 aliphatic rings. The third-order valence-corrected chi connectivity index (χ3v) is 6.55. The molecule has 0 radical (unpaired) electrons. The van der Waals surface area contributed by atoms with Gasteiger partial charge >= 0.3 is 0 Å². The molecule has 146 valence electrons. The molecule has 4 nitrogen and oxygen atoms in total. The predicted octanol–water partition coefficient (Wildman–Crippen LogP) is 5.65. The van der Waals surface area contributed by atoms with Crippen LogP contribution in [0.25, 0.3) is 22.6 Å². The highest BCUT2D eigenvalue weighted by Gasteiger charge is 2.19. The van der Waals surface area contributed by atoms with Gasteiger partial charge in [-0.3, -0.25) is 0 Å². The van der Waals surface area contributed by atoms with Gasteiger partial charge in [0.15, 0.2) is 0 Å². The number of aromatic amines is 1. The summed E-state index contributed by atoms with van der Waals surface area (Å²) in [4.78, 5) is 8.65. The van der Waals surface area contributed by atoms with Crippen LogP contribution in [0.3, 0.4) is 0 Å². The number of benzene rings is 2. The summed E-state index contributed by atoms with van der Waals surface area (Å²) in [5, 5.41) is 10.4. The Morgan fingerprint density at radius 3 is 2.57 bits per heavy atom. The molecule has 4 rings (SSSR count).